The topological polar surface area (TPSA) is 41.6 Å². The van der Waals surface area contributed by atoms with Gasteiger partial charge in [-0.25, -0.2) is 4.98 Å². The molecule has 0 fully saturated rings. The van der Waals surface area contributed by atoms with Crippen molar-refractivity contribution in [2.24, 2.45) is 0 Å². The highest BCUT2D eigenvalue weighted by Gasteiger charge is 2.12. The van der Waals surface area contributed by atoms with E-state index in [4.69, 9.17) is 0 Å². The number of rotatable bonds is 4. The van der Waals surface area contributed by atoms with E-state index in [1.54, 1.807) is 11.3 Å². The van der Waals surface area contributed by atoms with Crippen LogP contribution in [0, 0.1) is 25.2 Å². The Labute approximate surface area is 180 Å². The zero-order valence-corrected chi connectivity index (χ0v) is 18.5. The van der Waals surface area contributed by atoms with Crippen LogP contribution in [0.1, 0.15) is 17.0 Å². The van der Waals surface area contributed by atoms with Crippen LogP contribution < -0.4 is 0 Å². The van der Waals surface area contributed by atoms with E-state index in [1.165, 1.54) is 11.8 Å². The largest absolute Gasteiger partial charge is 0.318 e. The third-order valence-electron chi connectivity index (χ3n) is 4.40. The molecule has 4 rings (SSSR count). The molecule has 0 atom stereocenters. The molecule has 0 aliphatic heterocycles. The van der Waals surface area contributed by atoms with Crippen molar-refractivity contribution in [2.45, 2.75) is 18.2 Å². The maximum absolute atomic E-state index is 9.67. The maximum Gasteiger partial charge on any atom is 0.156 e. The number of benzene rings is 2. The number of aromatic nitrogens is 2. The number of nitrogens with zero attached hydrogens (tertiary/aromatic N) is 3. The molecule has 2 heterocycles. The Morgan fingerprint density at radius 1 is 1.18 bits per heavy atom. The highest BCUT2D eigenvalue weighted by atomic mass is 79.9. The summed E-state index contributed by atoms with van der Waals surface area (Å²) in [7, 11) is 0. The zero-order valence-electron chi connectivity index (χ0n) is 15.3. The lowest BCUT2D eigenvalue weighted by atomic mass is 10.2. The fraction of sp³-hybridized carbons (Fsp3) is 0.0909. The molecule has 0 spiro atoms. The Kier molecular flexibility index (Phi) is 5.40. The van der Waals surface area contributed by atoms with Crippen molar-refractivity contribution in [3.63, 3.8) is 0 Å². The predicted molar refractivity (Wildman–Crippen MR) is 122 cm³/mol. The molecule has 0 bridgehead atoms. The molecule has 6 heteroatoms. The van der Waals surface area contributed by atoms with Crippen molar-refractivity contribution < 1.29 is 0 Å². The molecule has 0 saturated heterocycles. The monoisotopic (exact) mass is 465 g/mol. The molecule has 3 nitrogen and oxygen atoms in total. The zero-order chi connectivity index (χ0) is 19.7. The fourth-order valence-corrected chi connectivity index (χ4v) is 5.51. The molecule has 0 aliphatic carbocycles. The van der Waals surface area contributed by atoms with Gasteiger partial charge in [0.1, 0.15) is 6.07 Å². The third-order valence-corrected chi connectivity index (χ3v) is 6.92. The van der Waals surface area contributed by atoms with E-state index in [0.717, 1.165) is 41.7 Å². The second-order valence-electron chi connectivity index (χ2n) is 6.31. The van der Waals surface area contributed by atoms with Crippen LogP contribution in [0.5, 0.6) is 0 Å². The fourth-order valence-electron chi connectivity index (χ4n) is 3.16. The van der Waals surface area contributed by atoms with Crippen LogP contribution in [0.3, 0.4) is 0 Å². The highest BCUT2D eigenvalue weighted by molar-refractivity contribution is 9.10. The first-order valence-electron chi connectivity index (χ1n) is 8.65. The van der Waals surface area contributed by atoms with Gasteiger partial charge in [-0.15, -0.1) is 11.3 Å². The lowest BCUT2D eigenvalue weighted by Crippen LogP contribution is -1.98. The van der Waals surface area contributed by atoms with Crippen LogP contribution in [-0.2, 0) is 0 Å². The van der Waals surface area contributed by atoms with E-state index < -0.39 is 0 Å². The average molecular weight is 466 g/mol. The molecule has 0 amide bonds. The van der Waals surface area contributed by atoms with E-state index in [9.17, 15) is 5.26 Å². The summed E-state index contributed by atoms with van der Waals surface area (Å²) in [4.78, 5) is 5.26. The summed E-state index contributed by atoms with van der Waals surface area (Å²) in [6, 6.07) is 20.7. The van der Waals surface area contributed by atoms with Gasteiger partial charge in [0.25, 0.3) is 0 Å². The van der Waals surface area contributed by atoms with E-state index in [2.05, 4.69) is 69.7 Å². The van der Waals surface area contributed by atoms with Gasteiger partial charge in [-0.3, -0.25) is 0 Å². The molecule has 0 N–H and O–H groups in total. The first kappa shape index (κ1) is 19.0. The van der Waals surface area contributed by atoms with Gasteiger partial charge in [-0.05, 0) is 73.6 Å². The predicted octanol–water partition coefficient (Wildman–Crippen LogP) is 7.12. The number of hydrogen-bond acceptors (Lipinski definition) is 4. The number of para-hydroxylation sites is 1. The van der Waals surface area contributed by atoms with Crippen LogP contribution in [0.25, 0.3) is 22.0 Å². The Hall–Kier alpha value is -2.33. The van der Waals surface area contributed by atoms with Gasteiger partial charge in [0.15, 0.2) is 4.34 Å². The number of aryl methyl sites for hydroxylation is 1. The average Bonchev–Trinajstić information content (AvgIpc) is 3.21. The number of fused-ring (bicyclic) bond motifs is 1. The Morgan fingerprint density at radius 3 is 2.75 bits per heavy atom. The summed E-state index contributed by atoms with van der Waals surface area (Å²) >= 11 is 6.57. The summed E-state index contributed by atoms with van der Waals surface area (Å²) in [6.07, 6.45) is 1.95. The van der Waals surface area contributed by atoms with E-state index in [0.29, 0.717) is 4.91 Å². The lowest BCUT2D eigenvalue weighted by molar-refractivity contribution is 0.963. The van der Waals surface area contributed by atoms with Crippen LogP contribution in [0.4, 0.5) is 0 Å². The number of thioether (sulfide) groups is 1. The first-order valence-corrected chi connectivity index (χ1v) is 11.1. The molecule has 2 aromatic carbocycles. The highest BCUT2D eigenvalue weighted by Crippen LogP contribution is 2.35. The second kappa shape index (κ2) is 7.96. The SMILES string of the molecule is Cc1cc(C=C(C#N)Sc2nc3ccccc3s2)c(C)n1-c1cccc(Br)c1. The van der Waals surface area contributed by atoms with Gasteiger partial charge in [-0.1, -0.05) is 34.1 Å². The summed E-state index contributed by atoms with van der Waals surface area (Å²) in [5.41, 5.74) is 5.35. The summed E-state index contributed by atoms with van der Waals surface area (Å²) in [6.45, 7) is 4.16. The normalized spacial score (nSPS) is 11.7. The summed E-state index contributed by atoms with van der Waals surface area (Å²) in [5.74, 6) is 0. The van der Waals surface area contributed by atoms with Crippen molar-refractivity contribution in [1.82, 2.24) is 9.55 Å². The summed E-state index contributed by atoms with van der Waals surface area (Å²) < 4.78 is 5.26. The van der Waals surface area contributed by atoms with Gasteiger partial charge < -0.3 is 4.57 Å². The van der Waals surface area contributed by atoms with E-state index in [1.807, 2.05) is 36.4 Å². The molecular formula is C22H16BrN3S2. The van der Waals surface area contributed by atoms with Crippen LogP contribution in [0.15, 0.2) is 68.3 Å². The van der Waals surface area contributed by atoms with Crippen molar-refractivity contribution in [1.29, 1.82) is 5.26 Å². The quantitative estimate of drug-likeness (QED) is 0.237. The molecule has 28 heavy (non-hydrogen) atoms. The van der Waals surface area contributed by atoms with Gasteiger partial charge >= 0.3 is 0 Å². The standard InChI is InChI=1S/C22H16BrN3S2/c1-14-10-16(15(2)26(14)18-7-5-6-17(23)12-18)11-19(13-24)27-22-25-20-8-3-4-9-21(20)28-22/h3-12H,1-2H3. The molecule has 0 radical (unpaired) electrons. The smallest absolute Gasteiger partial charge is 0.156 e. The molecule has 0 unspecified atom stereocenters. The van der Waals surface area contributed by atoms with Gasteiger partial charge in [0.05, 0.1) is 15.1 Å². The minimum atomic E-state index is 0.633. The van der Waals surface area contributed by atoms with Gasteiger partial charge in [-0.2, -0.15) is 5.26 Å². The van der Waals surface area contributed by atoms with Gasteiger partial charge in [0, 0.05) is 21.5 Å². The molecule has 0 saturated carbocycles. The number of halogens is 1. The Balaban J connectivity index is 1.69. The number of hydrogen-bond donors (Lipinski definition) is 0. The molecular weight excluding hydrogens is 450 g/mol. The number of thiazole rings is 1. The third kappa shape index (κ3) is 3.79. The summed E-state index contributed by atoms with van der Waals surface area (Å²) in [5, 5.41) is 9.67. The molecule has 0 aliphatic rings. The number of allylic oxidation sites excluding steroid dienone is 1. The van der Waals surface area contributed by atoms with Crippen molar-refractivity contribution in [3.05, 3.63) is 80.9 Å². The van der Waals surface area contributed by atoms with E-state index >= 15 is 0 Å². The Morgan fingerprint density at radius 2 is 2.00 bits per heavy atom. The minimum absolute atomic E-state index is 0.633. The second-order valence-corrected chi connectivity index (χ2v) is 9.55. The van der Waals surface area contributed by atoms with Crippen molar-refractivity contribution >= 4 is 55.3 Å². The first-order chi connectivity index (χ1) is 13.5. The van der Waals surface area contributed by atoms with Crippen molar-refractivity contribution in [2.75, 3.05) is 0 Å². The molecule has 2 aromatic heterocycles. The lowest BCUT2D eigenvalue weighted by Gasteiger charge is -2.10. The molecule has 4 aromatic rings. The Bertz CT molecular complexity index is 1210. The molecule has 138 valence electrons. The van der Waals surface area contributed by atoms with Crippen LogP contribution in [-0.4, -0.2) is 9.55 Å². The van der Waals surface area contributed by atoms with Crippen molar-refractivity contribution in [3.8, 4) is 11.8 Å². The number of nitriles is 1. The minimum Gasteiger partial charge on any atom is -0.318 e. The van der Waals surface area contributed by atoms with Crippen LogP contribution >= 0.6 is 39.0 Å². The van der Waals surface area contributed by atoms with E-state index in [-0.39, 0.29) is 0 Å². The van der Waals surface area contributed by atoms with Gasteiger partial charge in [0.2, 0.25) is 0 Å². The maximum atomic E-state index is 9.67. The van der Waals surface area contributed by atoms with Crippen LogP contribution in [0.2, 0.25) is 0 Å².